The smallest absolute Gasteiger partial charge is 0.335 e. The van der Waals surface area contributed by atoms with E-state index in [9.17, 15) is 14.4 Å². The van der Waals surface area contributed by atoms with E-state index in [4.69, 9.17) is 32.6 Å². The maximum absolute atomic E-state index is 10.7. The molecule has 19 heavy (non-hydrogen) atoms. The van der Waals surface area contributed by atoms with Crippen LogP contribution in [0.4, 0.5) is 0 Å². The van der Waals surface area contributed by atoms with Crippen LogP contribution in [-0.4, -0.2) is 54.1 Å². The highest BCUT2D eigenvalue weighted by Gasteiger charge is 2.29. The first-order chi connectivity index (χ1) is 8.68. The van der Waals surface area contributed by atoms with Crippen molar-refractivity contribution in [3.05, 3.63) is 27.4 Å². The number of rotatable bonds is 3. The van der Waals surface area contributed by atoms with Crippen LogP contribution in [-0.2, 0) is 16.6 Å². The summed E-state index contributed by atoms with van der Waals surface area (Å²) in [7, 11) is 1.63. The molecule has 5 N–H and O–H groups in total. The van der Waals surface area contributed by atoms with Crippen molar-refractivity contribution in [2.24, 2.45) is 7.05 Å². The molecule has 1 aromatic heterocycles. The highest BCUT2D eigenvalue weighted by Crippen LogP contribution is 1.92. The molecule has 0 aromatic carbocycles. The Labute approximate surface area is 111 Å². The Morgan fingerprint density at radius 3 is 1.95 bits per heavy atom. The number of carboxylic acids is 2. The number of aliphatic carboxylic acids is 2. The Morgan fingerprint density at radius 1 is 1.26 bits per heavy atom. The molecule has 1 heterocycles. The number of hydrogen-bond donors (Lipinski definition) is 5. The number of nitrogens with zero attached hydrogens (tertiary/aromatic N) is 1. The van der Waals surface area contributed by atoms with Gasteiger partial charge in [0.15, 0.2) is 17.0 Å². The van der Waals surface area contributed by atoms with Crippen LogP contribution in [0, 0.1) is 4.77 Å². The molecular weight excluding hydrogens is 280 g/mol. The molecule has 0 bridgehead atoms. The Hall–Kier alpha value is -2.04. The topological polar surface area (TPSA) is 153 Å². The van der Waals surface area contributed by atoms with Gasteiger partial charge in [0.2, 0.25) is 0 Å². The minimum Gasteiger partial charge on any atom is -0.479 e. The number of H-pyrrole nitrogens is 1. The maximum atomic E-state index is 10.7. The fourth-order valence-corrected chi connectivity index (χ4v) is 0.921. The second-order valence-electron chi connectivity index (χ2n) is 3.25. The third-order valence-corrected chi connectivity index (χ3v) is 2.26. The van der Waals surface area contributed by atoms with Crippen molar-refractivity contribution >= 4 is 24.2 Å². The molecule has 1 rings (SSSR count). The van der Waals surface area contributed by atoms with Gasteiger partial charge >= 0.3 is 11.9 Å². The van der Waals surface area contributed by atoms with Crippen molar-refractivity contribution in [1.29, 1.82) is 0 Å². The number of carboxylic acid groups (broad SMARTS) is 2. The van der Waals surface area contributed by atoms with E-state index in [1.54, 1.807) is 7.05 Å². The molecular formula is C9H12N2O7S. The van der Waals surface area contributed by atoms with Crippen LogP contribution in [0.25, 0.3) is 0 Å². The third kappa shape index (κ3) is 5.42. The number of hydrogen-bond acceptors (Lipinski definition) is 6. The molecule has 0 amide bonds. The largest absolute Gasteiger partial charge is 0.479 e. The van der Waals surface area contributed by atoms with Crippen molar-refractivity contribution in [2.45, 2.75) is 12.2 Å². The van der Waals surface area contributed by atoms with Gasteiger partial charge in [-0.2, -0.15) is 0 Å². The molecule has 0 saturated heterocycles. The number of aliphatic hydroxyl groups excluding tert-OH is 2. The normalized spacial score (nSPS) is 12.8. The molecule has 0 fully saturated rings. The molecule has 2 atom stereocenters. The highest BCUT2D eigenvalue weighted by atomic mass is 32.1. The average Bonchev–Trinajstić information content (AvgIpc) is 2.34. The third-order valence-electron chi connectivity index (χ3n) is 1.87. The second kappa shape index (κ2) is 7.41. The van der Waals surface area contributed by atoms with Gasteiger partial charge in [0.25, 0.3) is 5.56 Å². The SMILES string of the molecule is Cn1c(=O)cc[nH]c1=S.O=C(O)C(O)C(O)C(=O)O. The molecule has 0 radical (unpaired) electrons. The minimum absolute atomic E-state index is 0.0845. The molecule has 1 aromatic rings. The van der Waals surface area contributed by atoms with Crippen molar-refractivity contribution in [1.82, 2.24) is 9.55 Å². The maximum Gasteiger partial charge on any atom is 0.335 e. The Balaban J connectivity index is 0.000000342. The van der Waals surface area contributed by atoms with Gasteiger partial charge in [-0.15, -0.1) is 0 Å². The van der Waals surface area contributed by atoms with Crippen LogP contribution in [0.1, 0.15) is 0 Å². The van der Waals surface area contributed by atoms with E-state index < -0.39 is 24.1 Å². The quantitative estimate of drug-likeness (QED) is 0.414. The van der Waals surface area contributed by atoms with Crippen LogP contribution >= 0.6 is 12.2 Å². The summed E-state index contributed by atoms with van der Waals surface area (Å²) in [6.45, 7) is 0. The predicted octanol–water partition coefficient (Wildman–Crippen LogP) is -1.68. The van der Waals surface area contributed by atoms with Gasteiger partial charge in [-0.3, -0.25) is 9.36 Å². The van der Waals surface area contributed by atoms with E-state index in [1.165, 1.54) is 16.8 Å². The van der Waals surface area contributed by atoms with Gasteiger partial charge in [-0.1, -0.05) is 0 Å². The van der Waals surface area contributed by atoms with E-state index in [0.717, 1.165) is 0 Å². The van der Waals surface area contributed by atoms with Crippen molar-refractivity contribution in [3.8, 4) is 0 Å². The summed E-state index contributed by atoms with van der Waals surface area (Å²) >= 11 is 4.75. The van der Waals surface area contributed by atoms with Gasteiger partial charge in [-0.05, 0) is 12.2 Å². The molecule has 10 heteroatoms. The van der Waals surface area contributed by atoms with Crippen LogP contribution in [0.15, 0.2) is 17.1 Å². The summed E-state index contributed by atoms with van der Waals surface area (Å²) in [4.78, 5) is 33.0. The molecule has 0 spiro atoms. The lowest BCUT2D eigenvalue weighted by molar-refractivity contribution is -0.165. The Morgan fingerprint density at radius 2 is 1.68 bits per heavy atom. The fraction of sp³-hybridized carbons (Fsp3) is 0.333. The highest BCUT2D eigenvalue weighted by molar-refractivity contribution is 7.71. The van der Waals surface area contributed by atoms with Crippen LogP contribution in [0.5, 0.6) is 0 Å². The minimum atomic E-state index is -2.27. The lowest BCUT2D eigenvalue weighted by Crippen LogP contribution is -2.39. The second-order valence-corrected chi connectivity index (χ2v) is 3.63. The first kappa shape index (κ1) is 17.0. The van der Waals surface area contributed by atoms with Gasteiger partial charge in [0.1, 0.15) is 0 Å². The zero-order chi connectivity index (χ0) is 15.2. The van der Waals surface area contributed by atoms with Gasteiger partial charge in [0.05, 0.1) is 0 Å². The molecule has 106 valence electrons. The lowest BCUT2D eigenvalue weighted by Gasteiger charge is -2.07. The number of aliphatic hydroxyl groups is 2. The molecule has 0 aliphatic rings. The van der Waals surface area contributed by atoms with Gasteiger partial charge in [0, 0.05) is 19.3 Å². The van der Waals surface area contributed by atoms with Crippen LogP contribution in [0.3, 0.4) is 0 Å². The van der Waals surface area contributed by atoms with Crippen LogP contribution < -0.4 is 5.56 Å². The van der Waals surface area contributed by atoms with Crippen molar-refractivity contribution < 1.29 is 30.0 Å². The van der Waals surface area contributed by atoms with E-state index in [-0.39, 0.29) is 5.56 Å². The van der Waals surface area contributed by atoms with E-state index in [0.29, 0.717) is 4.77 Å². The molecule has 0 aliphatic carbocycles. The zero-order valence-electron chi connectivity index (χ0n) is 9.68. The standard InChI is InChI=1S/C5H6N2OS.C4H6O6/c1-7-4(8)2-3-6-5(7)9;5-1(3(7)8)2(6)4(9)10/h2-3H,1H3,(H,6,9);1-2,5-6H,(H,7,8)(H,9,10). The van der Waals surface area contributed by atoms with Crippen molar-refractivity contribution in [2.75, 3.05) is 0 Å². The van der Waals surface area contributed by atoms with E-state index in [2.05, 4.69) is 4.98 Å². The van der Waals surface area contributed by atoms with E-state index in [1.807, 2.05) is 0 Å². The summed E-state index contributed by atoms with van der Waals surface area (Å²) in [6.07, 6.45) is -3.00. The summed E-state index contributed by atoms with van der Waals surface area (Å²) in [5, 5.41) is 32.5. The summed E-state index contributed by atoms with van der Waals surface area (Å²) in [6, 6.07) is 1.43. The molecule has 2 unspecified atom stereocenters. The first-order valence-electron chi connectivity index (χ1n) is 4.75. The molecule has 0 saturated carbocycles. The average molecular weight is 292 g/mol. The van der Waals surface area contributed by atoms with E-state index >= 15 is 0 Å². The molecule has 9 nitrogen and oxygen atoms in total. The number of aromatic nitrogens is 2. The molecule has 0 aliphatic heterocycles. The first-order valence-corrected chi connectivity index (χ1v) is 5.15. The number of aromatic amines is 1. The summed E-state index contributed by atoms with van der Waals surface area (Å²) < 4.78 is 1.82. The summed E-state index contributed by atoms with van der Waals surface area (Å²) in [5.74, 6) is -3.54. The van der Waals surface area contributed by atoms with Crippen molar-refractivity contribution in [3.63, 3.8) is 0 Å². The Kier molecular flexibility index (Phi) is 6.61. The van der Waals surface area contributed by atoms with Gasteiger partial charge < -0.3 is 25.4 Å². The monoisotopic (exact) mass is 292 g/mol. The fourth-order valence-electron chi connectivity index (χ4n) is 0.763. The number of nitrogens with one attached hydrogen (secondary N) is 1. The predicted molar refractivity (Wildman–Crippen MR) is 64.2 cm³/mol. The zero-order valence-corrected chi connectivity index (χ0v) is 10.5. The van der Waals surface area contributed by atoms with Gasteiger partial charge in [-0.25, -0.2) is 9.59 Å². The summed E-state index contributed by atoms with van der Waals surface area (Å²) in [5.41, 5.74) is -0.0845. The Bertz CT molecular complexity index is 518. The lowest BCUT2D eigenvalue weighted by atomic mass is 10.2. The number of carbonyl (C=O) groups is 2. The van der Waals surface area contributed by atoms with Crippen LogP contribution in [0.2, 0.25) is 0 Å².